The van der Waals surface area contributed by atoms with E-state index in [9.17, 15) is 30.6 Å². The van der Waals surface area contributed by atoms with Gasteiger partial charge < -0.3 is 0 Å². The fraction of sp³-hybridized carbons (Fsp3) is 0.467. The van der Waals surface area contributed by atoms with Gasteiger partial charge in [-0.3, -0.25) is 4.21 Å². The van der Waals surface area contributed by atoms with Gasteiger partial charge in [0, 0.05) is 21.6 Å². The van der Waals surface area contributed by atoms with Crippen LogP contribution in [0.25, 0.3) is 5.57 Å². The van der Waals surface area contributed by atoms with Gasteiger partial charge in [0.25, 0.3) is 0 Å². The Bertz CT molecular complexity index is 656. The lowest BCUT2D eigenvalue weighted by molar-refractivity contribution is -0.143. The molecule has 1 nitrogen and oxygen atoms in total. The van der Waals surface area contributed by atoms with E-state index in [2.05, 4.69) is 0 Å². The summed E-state index contributed by atoms with van der Waals surface area (Å²) in [5.41, 5.74) is -3.37. The molecule has 0 aliphatic carbocycles. The lowest BCUT2D eigenvalue weighted by atomic mass is 9.90. The van der Waals surface area contributed by atoms with Crippen molar-refractivity contribution in [2.75, 3.05) is 0 Å². The molecule has 1 aromatic rings. The second-order valence-corrected chi connectivity index (χ2v) is 7.62. The van der Waals surface area contributed by atoms with E-state index in [0.29, 0.717) is 25.0 Å². The van der Waals surface area contributed by atoms with E-state index in [1.165, 1.54) is 6.08 Å². The molecular weight excluding hydrogens is 342 g/mol. The highest BCUT2D eigenvalue weighted by Crippen LogP contribution is 2.46. The Hall–Kier alpha value is -1.31. The average molecular weight is 354 g/mol. The van der Waals surface area contributed by atoms with Crippen molar-refractivity contribution in [2.24, 2.45) is 0 Å². The normalized spacial score (nSPS) is 27.9. The Kier molecular flexibility index (Phi) is 3.85. The van der Waals surface area contributed by atoms with Crippen molar-refractivity contribution in [3.05, 3.63) is 41.0 Å². The number of halogens is 6. The third kappa shape index (κ3) is 2.93. The van der Waals surface area contributed by atoms with Crippen LogP contribution in [0, 0.1) is 0 Å². The first-order chi connectivity index (χ1) is 10.6. The first-order valence-electron chi connectivity index (χ1n) is 6.97. The monoisotopic (exact) mass is 354 g/mol. The molecule has 2 bridgehead atoms. The average Bonchev–Trinajstić information content (AvgIpc) is 2.67. The minimum atomic E-state index is -4.88. The summed E-state index contributed by atoms with van der Waals surface area (Å²) < 4.78 is 91.2. The summed E-state index contributed by atoms with van der Waals surface area (Å²) >= 11 is 0. The zero-order valence-electron chi connectivity index (χ0n) is 11.7. The van der Waals surface area contributed by atoms with Crippen molar-refractivity contribution < 1.29 is 30.6 Å². The maximum absolute atomic E-state index is 13.2. The van der Waals surface area contributed by atoms with Crippen molar-refractivity contribution in [1.82, 2.24) is 0 Å². The molecule has 2 aliphatic rings. The van der Waals surface area contributed by atoms with Gasteiger partial charge in [0.2, 0.25) is 0 Å². The molecule has 2 aliphatic heterocycles. The van der Waals surface area contributed by atoms with Gasteiger partial charge in [-0.1, -0.05) is 12.1 Å². The maximum Gasteiger partial charge on any atom is 0.417 e. The first kappa shape index (κ1) is 16.5. The summed E-state index contributed by atoms with van der Waals surface area (Å²) in [6.07, 6.45) is -7.33. The molecule has 0 N–H and O–H groups in total. The van der Waals surface area contributed by atoms with Gasteiger partial charge >= 0.3 is 12.4 Å². The number of fused-ring (bicyclic) bond motifs is 2. The molecule has 3 rings (SSSR count). The summed E-state index contributed by atoms with van der Waals surface area (Å²) in [4.78, 5) is 0. The van der Waals surface area contributed by atoms with Crippen molar-refractivity contribution in [1.29, 1.82) is 0 Å². The third-order valence-electron chi connectivity index (χ3n) is 4.23. The van der Waals surface area contributed by atoms with E-state index in [-0.39, 0.29) is 17.2 Å². The van der Waals surface area contributed by atoms with E-state index in [1.54, 1.807) is 0 Å². The van der Waals surface area contributed by atoms with Crippen molar-refractivity contribution in [3.8, 4) is 0 Å². The molecular formula is C15H12F6OS. The second kappa shape index (κ2) is 5.36. The first-order valence-corrected chi connectivity index (χ1v) is 8.24. The standard InChI is InChI=1S/C15H12F6OS/c16-14(17,18)11-2-1-3-12(15(19,20)21)13(11)8-6-9-4-5-10(7-8)23(9)22/h1-3,6,9-10H,4-5,7H2. The summed E-state index contributed by atoms with van der Waals surface area (Å²) in [6, 6.07) is 2.10. The number of allylic oxidation sites excluding steroid dienone is 1. The molecule has 23 heavy (non-hydrogen) atoms. The Labute approximate surface area is 130 Å². The summed E-state index contributed by atoms with van der Waals surface area (Å²) in [5.74, 6) is 0. The van der Waals surface area contributed by atoms with Gasteiger partial charge in [0.05, 0.1) is 16.4 Å². The highest BCUT2D eigenvalue weighted by molar-refractivity contribution is 7.86. The van der Waals surface area contributed by atoms with E-state index < -0.39 is 45.1 Å². The molecule has 0 saturated carbocycles. The van der Waals surface area contributed by atoms with Crippen molar-refractivity contribution in [2.45, 2.75) is 42.1 Å². The Morgan fingerprint density at radius 2 is 1.52 bits per heavy atom. The van der Waals surface area contributed by atoms with E-state index in [0.717, 1.165) is 6.07 Å². The summed E-state index contributed by atoms with van der Waals surface area (Å²) in [5, 5.41) is -0.812. The quantitative estimate of drug-likeness (QED) is 0.663. The van der Waals surface area contributed by atoms with Gasteiger partial charge in [-0.05, 0) is 37.0 Å². The van der Waals surface area contributed by atoms with Crippen molar-refractivity contribution in [3.63, 3.8) is 0 Å². The van der Waals surface area contributed by atoms with Crippen LogP contribution in [0.3, 0.4) is 0 Å². The van der Waals surface area contributed by atoms with Crippen LogP contribution in [-0.4, -0.2) is 14.7 Å². The van der Waals surface area contributed by atoms with Crippen LogP contribution in [0.2, 0.25) is 0 Å². The largest absolute Gasteiger partial charge is 0.417 e. The molecule has 1 aromatic carbocycles. The van der Waals surface area contributed by atoms with Crippen LogP contribution < -0.4 is 0 Å². The molecule has 8 heteroatoms. The van der Waals surface area contributed by atoms with Crippen LogP contribution in [0.5, 0.6) is 0 Å². The number of alkyl halides is 6. The third-order valence-corrected chi connectivity index (χ3v) is 6.26. The minimum absolute atomic E-state index is 0.0114. The fourth-order valence-corrected chi connectivity index (χ4v) is 5.13. The Morgan fingerprint density at radius 1 is 0.957 bits per heavy atom. The SMILES string of the molecule is O=S1C2C=C(c3c(C(F)(F)F)cccc3C(F)(F)F)CC1CC2. The molecule has 0 aromatic heterocycles. The lowest BCUT2D eigenvalue weighted by Crippen LogP contribution is -2.23. The van der Waals surface area contributed by atoms with E-state index in [1.807, 2.05) is 0 Å². The van der Waals surface area contributed by atoms with Crippen LogP contribution in [0.15, 0.2) is 24.3 Å². The predicted molar refractivity (Wildman–Crippen MR) is 74.0 cm³/mol. The van der Waals surface area contributed by atoms with E-state index >= 15 is 0 Å². The Balaban J connectivity index is 2.21. The molecule has 0 radical (unpaired) electrons. The number of rotatable bonds is 1. The fourth-order valence-electron chi connectivity index (χ4n) is 3.26. The van der Waals surface area contributed by atoms with Gasteiger partial charge in [0.1, 0.15) is 0 Å². The lowest BCUT2D eigenvalue weighted by Gasteiger charge is -2.25. The number of hydrogen-bond donors (Lipinski definition) is 0. The van der Waals surface area contributed by atoms with Crippen LogP contribution in [0.4, 0.5) is 26.3 Å². The zero-order chi connectivity index (χ0) is 17.0. The molecule has 1 fully saturated rings. The smallest absolute Gasteiger partial charge is 0.259 e. The molecule has 2 heterocycles. The summed E-state index contributed by atoms with van der Waals surface area (Å²) in [6.45, 7) is 0. The van der Waals surface area contributed by atoms with Crippen molar-refractivity contribution >= 4 is 16.4 Å². The number of hydrogen-bond acceptors (Lipinski definition) is 1. The van der Waals surface area contributed by atoms with Crippen LogP contribution in [0.1, 0.15) is 36.0 Å². The Morgan fingerprint density at radius 3 is 2.00 bits per heavy atom. The topological polar surface area (TPSA) is 17.1 Å². The highest BCUT2D eigenvalue weighted by Gasteiger charge is 2.44. The molecule has 126 valence electrons. The molecule has 1 saturated heterocycles. The second-order valence-electron chi connectivity index (χ2n) is 5.69. The minimum Gasteiger partial charge on any atom is -0.259 e. The van der Waals surface area contributed by atoms with E-state index in [4.69, 9.17) is 0 Å². The molecule has 0 spiro atoms. The zero-order valence-corrected chi connectivity index (χ0v) is 12.5. The van der Waals surface area contributed by atoms with Crippen LogP contribution >= 0.6 is 0 Å². The summed E-state index contributed by atoms with van der Waals surface area (Å²) in [7, 11) is -1.21. The molecule has 3 atom stereocenters. The predicted octanol–water partition coefficient (Wildman–Crippen LogP) is 4.79. The maximum atomic E-state index is 13.2. The molecule has 0 amide bonds. The van der Waals surface area contributed by atoms with Gasteiger partial charge in [0.15, 0.2) is 0 Å². The van der Waals surface area contributed by atoms with Gasteiger partial charge in [-0.25, -0.2) is 0 Å². The van der Waals surface area contributed by atoms with Crippen LogP contribution in [-0.2, 0) is 23.2 Å². The van der Waals surface area contributed by atoms with Gasteiger partial charge in [-0.15, -0.1) is 0 Å². The number of benzene rings is 1. The molecule has 3 unspecified atom stereocenters. The van der Waals surface area contributed by atoms with Gasteiger partial charge in [-0.2, -0.15) is 26.3 Å². The highest BCUT2D eigenvalue weighted by atomic mass is 32.2.